The van der Waals surface area contributed by atoms with E-state index < -0.39 is 17.4 Å². The number of nitrogens with one attached hydrogen (secondary N) is 2. The largest absolute Gasteiger partial charge is 0.480 e. The van der Waals surface area contributed by atoms with E-state index in [0.29, 0.717) is 16.4 Å². The smallest absolute Gasteiger partial charge is 0.322 e. The molecule has 0 spiro atoms. The predicted molar refractivity (Wildman–Crippen MR) is 103 cm³/mol. The number of halogens is 1. The van der Waals surface area contributed by atoms with E-state index in [-0.39, 0.29) is 23.1 Å². The second-order valence-corrected chi connectivity index (χ2v) is 5.90. The molecular weight excluding hydrogens is 388 g/mol. The second kappa shape index (κ2) is 8.27. The maximum atomic E-state index is 11.3. The van der Waals surface area contributed by atoms with Gasteiger partial charge in [0.15, 0.2) is 0 Å². The van der Waals surface area contributed by atoms with Crippen LogP contribution in [0.3, 0.4) is 0 Å². The highest BCUT2D eigenvalue weighted by Crippen LogP contribution is 2.31. The Morgan fingerprint density at radius 2 is 2.00 bits per heavy atom. The van der Waals surface area contributed by atoms with Crippen molar-refractivity contribution < 1.29 is 14.8 Å². The van der Waals surface area contributed by atoms with Crippen LogP contribution >= 0.6 is 11.6 Å². The molecule has 2 aromatic heterocycles. The summed E-state index contributed by atoms with van der Waals surface area (Å²) in [5.41, 5.74) is 0.859. The first kappa shape index (κ1) is 19.0. The van der Waals surface area contributed by atoms with Gasteiger partial charge in [0, 0.05) is 23.4 Å². The van der Waals surface area contributed by atoms with Crippen molar-refractivity contribution in [1.82, 2.24) is 15.0 Å². The van der Waals surface area contributed by atoms with Gasteiger partial charge in [0.05, 0.1) is 16.3 Å². The fraction of sp³-hybridized carbons (Fsp3) is 0.0588. The predicted octanol–water partition coefficient (Wildman–Crippen LogP) is 3.34. The third-order valence-corrected chi connectivity index (χ3v) is 3.70. The van der Waals surface area contributed by atoms with Gasteiger partial charge in [-0.15, -0.1) is 0 Å². The van der Waals surface area contributed by atoms with Crippen molar-refractivity contribution in [3.63, 3.8) is 0 Å². The number of nitrogens with zero attached hydrogens (tertiary/aromatic N) is 4. The minimum absolute atomic E-state index is 0.0257. The molecule has 3 rings (SSSR count). The maximum absolute atomic E-state index is 11.3. The van der Waals surface area contributed by atoms with E-state index in [1.54, 1.807) is 30.5 Å². The number of anilines is 3. The van der Waals surface area contributed by atoms with Gasteiger partial charge in [-0.25, -0.2) is 4.98 Å². The lowest BCUT2D eigenvalue weighted by molar-refractivity contribution is -0.383. The van der Waals surface area contributed by atoms with Crippen molar-refractivity contribution >= 4 is 40.7 Å². The number of hydrogen-bond acceptors (Lipinski definition) is 8. The number of carbonyl (C=O) groups is 1. The number of rotatable bonds is 7. The van der Waals surface area contributed by atoms with E-state index in [9.17, 15) is 14.9 Å². The number of benzene rings is 1. The molecule has 0 saturated carbocycles. The molecule has 1 aromatic carbocycles. The van der Waals surface area contributed by atoms with Gasteiger partial charge in [-0.05, 0) is 24.3 Å². The highest BCUT2D eigenvalue weighted by molar-refractivity contribution is 6.31. The number of nitro groups is 1. The monoisotopic (exact) mass is 400 g/mol. The molecule has 0 aliphatic rings. The Hall–Kier alpha value is -3.79. The molecule has 0 radical (unpaired) electrons. The summed E-state index contributed by atoms with van der Waals surface area (Å²) in [7, 11) is 0. The molecule has 3 N–H and O–H groups in total. The number of aromatic nitrogens is 3. The zero-order chi connectivity index (χ0) is 20.1. The normalized spacial score (nSPS) is 10.3. The Balaban J connectivity index is 2.02. The first-order chi connectivity index (χ1) is 13.4. The number of nitro benzene ring substituents is 1. The Morgan fingerprint density at radius 3 is 2.68 bits per heavy atom. The molecule has 11 heteroatoms. The van der Waals surface area contributed by atoms with Crippen LogP contribution in [0.4, 0.5) is 23.1 Å². The minimum atomic E-state index is -1.09. The molecule has 28 heavy (non-hydrogen) atoms. The van der Waals surface area contributed by atoms with Crippen molar-refractivity contribution in [2.75, 3.05) is 17.2 Å². The molecular formula is C17H13ClN6O4. The van der Waals surface area contributed by atoms with E-state index in [2.05, 4.69) is 25.6 Å². The van der Waals surface area contributed by atoms with E-state index >= 15 is 0 Å². The number of carboxylic acids is 1. The van der Waals surface area contributed by atoms with Crippen LogP contribution in [0, 0.1) is 10.1 Å². The first-order valence-electron chi connectivity index (χ1n) is 7.89. The Bertz CT molecular complexity index is 1030. The molecule has 142 valence electrons. The molecule has 0 aliphatic carbocycles. The molecule has 3 aromatic rings. The zero-order valence-corrected chi connectivity index (χ0v) is 14.9. The Kier molecular flexibility index (Phi) is 5.61. The molecule has 0 fully saturated rings. The van der Waals surface area contributed by atoms with E-state index in [1.807, 2.05) is 0 Å². The summed E-state index contributed by atoms with van der Waals surface area (Å²) in [6.45, 7) is -0.400. The summed E-state index contributed by atoms with van der Waals surface area (Å²) in [6.07, 6.45) is 1.58. The standard InChI is InChI=1S/C17H13ClN6O4/c18-10-4-5-14(24(27)28)13(7-10)21-15-8-12(11-3-1-2-6-19-11)22-17(23-15)20-9-16(25)26/h1-8H,9H2,(H,25,26)(H2,20,21,22,23). The third kappa shape index (κ3) is 4.68. The van der Waals surface area contributed by atoms with E-state index in [1.165, 1.54) is 18.2 Å². The summed E-state index contributed by atoms with van der Waals surface area (Å²) in [4.78, 5) is 34.1. The maximum Gasteiger partial charge on any atom is 0.322 e. The average molecular weight is 401 g/mol. The summed E-state index contributed by atoms with van der Waals surface area (Å²) in [6, 6.07) is 10.8. The van der Waals surface area contributed by atoms with Gasteiger partial charge < -0.3 is 15.7 Å². The van der Waals surface area contributed by atoms with Crippen molar-refractivity contribution in [2.24, 2.45) is 0 Å². The van der Waals surface area contributed by atoms with Gasteiger partial charge in [-0.2, -0.15) is 4.98 Å². The summed E-state index contributed by atoms with van der Waals surface area (Å²) >= 11 is 5.95. The Labute approximate surface area is 163 Å². The number of aliphatic carboxylic acids is 1. The SMILES string of the molecule is O=C(O)CNc1nc(Nc2cc(Cl)ccc2[N+](=O)[O-])cc(-c2ccccn2)n1. The zero-order valence-electron chi connectivity index (χ0n) is 14.2. The number of pyridine rings is 1. The van der Waals surface area contributed by atoms with Gasteiger partial charge in [0.25, 0.3) is 5.69 Å². The van der Waals surface area contributed by atoms with Crippen LogP contribution < -0.4 is 10.6 Å². The number of carboxylic acid groups (broad SMARTS) is 1. The highest BCUT2D eigenvalue weighted by Gasteiger charge is 2.16. The molecule has 0 saturated heterocycles. The van der Waals surface area contributed by atoms with Gasteiger partial charge in [-0.3, -0.25) is 19.9 Å². The molecule has 2 heterocycles. The van der Waals surface area contributed by atoms with Crippen molar-refractivity contribution in [3.05, 3.63) is 63.8 Å². The van der Waals surface area contributed by atoms with Crippen LogP contribution in [0.1, 0.15) is 0 Å². The van der Waals surface area contributed by atoms with Crippen LogP contribution in [0.2, 0.25) is 5.02 Å². The minimum Gasteiger partial charge on any atom is -0.480 e. The summed E-state index contributed by atoms with van der Waals surface area (Å²) < 4.78 is 0. The lowest BCUT2D eigenvalue weighted by Gasteiger charge is -2.11. The lowest BCUT2D eigenvalue weighted by Crippen LogP contribution is -2.15. The topological polar surface area (TPSA) is 143 Å². The lowest BCUT2D eigenvalue weighted by atomic mass is 10.2. The molecule has 10 nitrogen and oxygen atoms in total. The van der Waals surface area contributed by atoms with Crippen LogP contribution in [0.15, 0.2) is 48.7 Å². The summed E-state index contributed by atoms with van der Waals surface area (Å²) in [5.74, 6) is -0.863. The fourth-order valence-electron chi connectivity index (χ4n) is 2.30. The van der Waals surface area contributed by atoms with Crippen molar-refractivity contribution in [2.45, 2.75) is 0 Å². The highest BCUT2D eigenvalue weighted by atomic mass is 35.5. The Morgan fingerprint density at radius 1 is 1.18 bits per heavy atom. The van der Waals surface area contributed by atoms with E-state index in [4.69, 9.17) is 16.7 Å². The van der Waals surface area contributed by atoms with Gasteiger partial charge in [0.2, 0.25) is 5.95 Å². The summed E-state index contributed by atoms with van der Waals surface area (Å²) in [5, 5.41) is 25.8. The van der Waals surface area contributed by atoms with Gasteiger partial charge >= 0.3 is 5.97 Å². The molecule has 0 amide bonds. The quantitative estimate of drug-likeness (QED) is 0.401. The van der Waals surface area contributed by atoms with Gasteiger partial charge in [0.1, 0.15) is 18.1 Å². The first-order valence-corrected chi connectivity index (χ1v) is 8.27. The second-order valence-electron chi connectivity index (χ2n) is 5.47. The van der Waals surface area contributed by atoms with Crippen molar-refractivity contribution in [3.8, 4) is 11.4 Å². The average Bonchev–Trinajstić information content (AvgIpc) is 2.67. The van der Waals surface area contributed by atoms with Crippen LogP contribution in [0.5, 0.6) is 0 Å². The van der Waals surface area contributed by atoms with Crippen molar-refractivity contribution in [1.29, 1.82) is 0 Å². The molecule has 0 atom stereocenters. The van der Waals surface area contributed by atoms with E-state index in [0.717, 1.165) is 0 Å². The van der Waals surface area contributed by atoms with Crippen LogP contribution in [-0.2, 0) is 4.79 Å². The van der Waals surface area contributed by atoms with Crippen LogP contribution in [-0.4, -0.2) is 37.5 Å². The fourth-order valence-corrected chi connectivity index (χ4v) is 2.47. The third-order valence-electron chi connectivity index (χ3n) is 3.47. The molecule has 0 bridgehead atoms. The van der Waals surface area contributed by atoms with Gasteiger partial charge in [-0.1, -0.05) is 17.7 Å². The molecule has 0 aliphatic heterocycles. The molecule has 0 unspecified atom stereocenters. The van der Waals surface area contributed by atoms with Crippen LogP contribution in [0.25, 0.3) is 11.4 Å². The number of hydrogen-bond donors (Lipinski definition) is 3.